The molecule has 5 rings (SSSR count). The van der Waals surface area contributed by atoms with Gasteiger partial charge in [0.25, 0.3) is 11.8 Å². The number of hydrogen-bond acceptors (Lipinski definition) is 5. The Labute approximate surface area is 260 Å². The van der Waals surface area contributed by atoms with Crippen molar-refractivity contribution < 1.29 is 14.4 Å². The molecule has 8 heteroatoms. The molecule has 0 fully saturated rings. The summed E-state index contributed by atoms with van der Waals surface area (Å²) in [5.41, 5.74) is 4.31. The second kappa shape index (κ2) is 14.6. The molecule has 1 atom stereocenters. The fourth-order valence-electron chi connectivity index (χ4n) is 4.37. The summed E-state index contributed by atoms with van der Waals surface area (Å²) >= 11 is 1.37. The first-order chi connectivity index (χ1) is 21.5. The summed E-state index contributed by atoms with van der Waals surface area (Å²) in [5.74, 6) is -1.06. The third-order valence-corrected chi connectivity index (χ3v) is 7.90. The monoisotopic (exact) mass is 598 g/mol. The van der Waals surface area contributed by atoms with Crippen LogP contribution in [0.5, 0.6) is 0 Å². The Morgan fingerprint density at radius 1 is 0.727 bits per heavy atom. The lowest BCUT2D eigenvalue weighted by atomic mass is 10.1. The highest BCUT2D eigenvalue weighted by Gasteiger charge is 2.23. The summed E-state index contributed by atoms with van der Waals surface area (Å²) in [6.07, 6.45) is 4.91. The predicted molar refractivity (Wildman–Crippen MR) is 176 cm³/mol. The number of nitrogens with zero attached hydrogens (tertiary/aromatic N) is 1. The topological polar surface area (TPSA) is 100 Å². The zero-order valence-corrected chi connectivity index (χ0v) is 24.8. The summed E-state index contributed by atoms with van der Waals surface area (Å²) in [7, 11) is 0. The van der Waals surface area contributed by atoms with Gasteiger partial charge in [-0.15, -0.1) is 11.8 Å². The number of anilines is 2. The molecule has 5 aromatic rings. The average Bonchev–Trinajstić information content (AvgIpc) is 3.05. The van der Waals surface area contributed by atoms with E-state index in [1.165, 1.54) is 11.8 Å². The normalized spacial score (nSPS) is 11.7. The first kappa shape index (κ1) is 30.0. The van der Waals surface area contributed by atoms with Crippen molar-refractivity contribution in [3.8, 4) is 0 Å². The lowest BCUT2D eigenvalue weighted by Gasteiger charge is -2.18. The van der Waals surface area contributed by atoms with E-state index in [1.54, 1.807) is 60.9 Å². The smallest absolute Gasteiger partial charge is 0.272 e. The van der Waals surface area contributed by atoms with Gasteiger partial charge in [-0.2, -0.15) is 0 Å². The third kappa shape index (κ3) is 8.08. The average molecular weight is 599 g/mol. The van der Waals surface area contributed by atoms with Crippen molar-refractivity contribution in [2.75, 3.05) is 10.6 Å². The van der Waals surface area contributed by atoms with Crippen molar-refractivity contribution in [2.45, 2.75) is 17.1 Å². The summed E-state index contributed by atoms with van der Waals surface area (Å²) in [6.45, 7) is 1.94. The molecule has 0 aliphatic carbocycles. The number of aryl methyl sites for hydroxylation is 1. The number of thioether (sulfide) groups is 1. The van der Waals surface area contributed by atoms with E-state index in [0.717, 1.165) is 21.6 Å². The van der Waals surface area contributed by atoms with Crippen LogP contribution in [-0.2, 0) is 9.59 Å². The van der Waals surface area contributed by atoms with Crippen LogP contribution in [-0.4, -0.2) is 22.7 Å². The molecule has 7 nitrogen and oxygen atoms in total. The van der Waals surface area contributed by atoms with E-state index in [0.29, 0.717) is 16.9 Å². The van der Waals surface area contributed by atoms with E-state index in [2.05, 4.69) is 20.9 Å². The summed E-state index contributed by atoms with van der Waals surface area (Å²) in [4.78, 5) is 44.8. The molecule has 4 aromatic carbocycles. The minimum atomic E-state index is -0.558. The Hall–Kier alpha value is -5.47. The second-order valence-corrected chi connectivity index (χ2v) is 11.0. The van der Waals surface area contributed by atoms with Gasteiger partial charge in [0.15, 0.2) is 0 Å². The van der Waals surface area contributed by atoms with Gasteiger partial charge in [0, 0.05) is 34.2 Å². The van der Waals surface area contributed by atoms with Gasteiger partial charge in [-0.1, -0.05) is 78.9 Å². The number of amides is 3. The SMILES string of the molecule is Cc1ccccc1/C=C(\NC(=O)c1ccccc1)C(=O)Nc1cccc(SC(C(=O)Nc2ccncc2)c2ccccc2)c1. The maximum absolute atomic E-state index is 13.6. The van der Waals surface area contributed by atoms with E-state index in [-0.39, 0.29) is 11.6 Å². The number of pyridine rings is 1. The molecule has 1 heterocycles. The molecule has 44 heavy (non-hydrogen) atoms. The fraction of sp³-hybridized carbons (Fsp3) is 0.0556. The van der Waals surface area contributed by atoms with Crippen LogP contribution < -0.4 is 16.0 Å². The molecule has 3 N–H and O–H groups in total. The highest BCUT2D eigenvalue weighted by atomic mass is 32.2. The molecule has 0 saturated carbocycles. The van der Waals surface area contributed by atoms with Crippen LogP contribution >= 0.6 is 11.8 Å². The maximum Gasteiger partial charge on any atom is 0.272 e. The van der Waals surface area contributed by atoms with Crippen LogP contribution in [0.4, 0.5) is 11.4 Å². The van der Waals surface area contributed by atoms with E-state index < -0.39 is 17.1 Å². The van der Waals surface area contributed by atoms with Gasteiger partial charge in [0.2, 0.25) is 5.91 Å². The fourth-order valence-corrected chi connectivity index (χ4v) is 5.46. The van der Waals surface area contributed by atoms with Gasteiger partial charge in [0.05, 0.1) is 0 Å². The molecular weight excluding hydrogens is 568 g/mol. The first-order valence-corrected chi connectivity index (χ1v) is 14.8. The van der Waals surface area contributed by atoms with Crippen LogP contribution in [0.3, 0.4) is 0 Å². The highest BCUT2D eigenvalue weighted by molar-refractivity contribution is 8.00. The number of carbonyl (C=O) groups is 3. The van der Waals surface area contributed by atoms with Crippen molar-refractivity contribution >= 4 is 46.9 Å². The van der Waals surface area contributed by atoms with E-state index in [4.69, 9.17) is 0 Å². The Kier molecular flexibility index (Phi) is 9.97. The Balaban J connectivity index is 1.38. The number of hydrogen-bond donors (Lipinski definition) is 3. The molecule has 0 bridgehead atoms. The Morgan fingerprint density at radius 3 is 2.14 bits per heavy atom. The van der Waals surface area contributed by atoms with Crippen molar-refractivity contribution in [1.29, 1.82) is 0 Å². The number of aromatic nitrogens is 1. The lowest BCUT2D eigenvalue weighted by molar-refractivity contribution is -0.116. The quantitative estimate of drug-likeness (QED) is 0.116. The number of rotatable bonds is 10. The molecule has 3 amide bonds. The van der Waals surface area contributed by atoms with Crippen LogP contribution in [0.2, 0.25) is 0 Å². The van der Waals surface area contributed by atoms with Gasteiger partial charge in [0.1, 0.15) is 10.9 Å². The molecule has 1 unspecified atom stereocenters. The van der Waals surface area contributed by atoms with Crippen LogP contribution in [0, 0.1) is 6.92 Å². The number of carbonyl (C=O) groups excluding carboxylic acids is 3. The van der Waals surface area contributed by atoms with Gasteiger partial charge < -0.3 is 16.0 Å². The standard InChI is InChI=1S/C36H30N4O3S/c1-25-11-8-9-16-28(25)23-32(40-34(41)27-14-6-3-7-15-27)35(42)39-30-17-10-18-31(24-30)44-33(26-12-4-2-5-13-26)36(43)38-29-19-21-37-22-20-29/h2-24,33H,1H3,(H,39,42)(H,40,41)(H,37,38,43)/b32-23-. The second-order valence-electron chi connectivity index (χ2n) is 9.85. The third-order valence-electron chi connectivity index (χ3n) is 6.65. The van der Waals surface area contributed by atoms with Crippen molar-refractivity contribution in [2.24, 2.45) is 0 Å². The molecule has 0 aliphatic rings. The highest BCUT2D eigenvalue weighted by Crippen LogP contribution is 2.37. The number of nitrogens with one attached hydrogen (secondary N) is 3. The van der Waals surface area contributed by atoms with Crippen LogP contribution in [0.25, 0.3) is 6.08 Å². The summed E-state index contributed by atoms with van der Waals surface area (Å²) in [6, 6.07) is 36.6. The van der Waals surface area contributed by atoms with E-state index in [1.807, 2.05) is 85.8 Å². The number of benzene rings is 4. The Bertz CT molecular complexity index is 1780. The van der Waals surface area contributed by atoms with Gasteiger partial charge in [-0.05, 0) is 72.2 Å². The first-order valence-electron chi connectivity index (χ1n) is 13.9. The predicted octanol–water partition coefficient (Wildman–Crippen LogP) is 7.27. The largest absolute Gasteiger partial charge is 0.325 e. The van der Waals surface area contributed by atoms with E-state index in [9.17, 15) is 14.4 Å². The zero-order chi connectivity index (χ0) is 30.7. The molecule has 1 aromatic heterocycles. The van der Waals surface area contributed by atoms with Gasteiger partial charge in [-0.3, -0.25) is 19.4 Å². The van der Waals surface area contributed by atoms with E-state index >= 15 is 0 Å². The van der Waals surface area contributed by atoms with Crippen molar-refractivity contribution in [1.82, 2.24) is 10.3 Å². The molecule has 0 aliphatic heterocycles. The maximum atomic E-state index is 13.6. The minimum absolute atomic E-state index is 0.102. The molecule has 218 valence electrons. The minimum Gasteiger partial charge on any atom is -0.325 e. The van der Waals surface area contributed by atoms with Crippen molar-refractivity contribution in [3.63, 3.8) is 0 Å². The summed E-state index contributed by atoms with van der Waals surface area (Å²) < 4.78 is 0. The molecule has 0 spiro atoms. The summed E-state index contributed by atoms with van der Waals surface area (Å²) in [5, 5.41) is 8.11. The van der Waals surface area contributed by atoms with Crippen molar-refractivity contribution in [3.05, 3.63) is 162 Å². The Morgan fingerprint density at radius 2 is 1.41 bits per heavy atom. The molecule has 0 radical (unpaired) electrons. The van der Waals surface area contributed by atoms with Crippen LogP contribution in [0.1, 0.15) is 32.3 Å². The zero-order valence-electron chi connectivity index (χ0n) is 23.9. The molecular formula is C36H30N4O3S. The van der Waals surface area contributed by atoms with Gasteiger partial charge >= 0.3 is 0 Å². The lowest BCUT2D eigenvalue weighted by Crippen LogP contribution is -2.30. The van der Waals surface area contributed by atoms with Gasteiger partial charge in [-0.25, -0.2) is 0 Å². The molecule has 0 saturated heterocycles. The van der Waals surface area contributed by atoms with Crippen LogP contribution in [0.15, 0.2) is 144 Å².